The van der Waals surface area contributed by atoms with Gasteiger partial charge in [-0.3, -0.25) is 9.59 Å². The van der Waals surface area contributed by atoms with Gasteiger partial charge in [0.1, 0.15) is 0 Å². The van der Waals surface area contributed by atoms with E-state index in [1.165, 1.54) is 47.2 Å². The average Bonchev–Trinajstić information content (AvgIpc) is 3.57. The number of nitrogens with zero attached hydrogens (tertiary/aromatic N) is 5. The molecule has 4 aromatic heterocycles. The molecule has 0 saturated heterocycles. The first kappa shape index (κ1) is 25.1. The van der Waals surface area contributed by atoms with Gasteiger partial charge in [-0.2, -0.15) is 9.67 Å². The predicted octanol–water partition coefficient (Wildman–Crippen LogP) is 4.33. The third kappa shape index (κ3) is 4.33. The van der Waals surface area contributed by atoms with Gasteiger partial charge in [-0.1, -0.05) is 29.8 Å². The lowest BCUT2D eigenvalue weighted by Gasteiger charge is -2.10. The summed E-state index contributed by atoms with van der Waals surface area (Å²) in [6.07, 6.45) is 0. The lowest BCUT2D eigenvalue weighted by atomic mass is 10.0. The summed E-state index contributed by atoms with van der Waals surface area (Å²) in [4.78, 5) is 36.8. The zero-order valence-electron chi connectivity index (χ0n) is 20.1. The molecule has 0 aliphatic heterocycles. The number of pyridine rings is 1. The van der Waals surface area contributed by atoms with Gasteiger partial charge in [-0.05, 0) is 59.5 Å². The van der Waals surface area contributed by atoms with Gasteiger partial charge in [-0.15, -0.1) is 16.4 Å². The van der Waals surface area contributed by atoms with E-state index >= 15 is 0 Å². The van der Waals surface area contributed by atoms with Crippen LogP contribution in [0.4, 0.5) is 0 Å². The van der Waals surface area contributed by atoms with Crippen LogP contribution in [0.15, 0.2) is 81.8 Å². The summed E-state index contributed by atoms with van der Waals surface area (Å²) in [5.74, 6) is -0.553. The molecule has 2 N–H and O–H groups in total. The smallest absolute Gasteiger partial charge is 0.271 e. The van der Waals surface area contributed by atoms with Crippen LogP contribution in [0.5, 0.6) is 0 Å². The van der Waals surface area contributed by atoms with Crippen molar-refractivity contribution in [3.8, 4) is 27.4 Å². The molecule has 2 aromatic carbocycles. The molecule has 6 aromatic rings. The number of primary sulfonamides is 1. The molecule has 0 bridgehead atoms. The molecule has 0 fully saturated rings. The standard InChI is InChI=1S/C26H17ClN6O4S2/c1-14(34)24-31-33(17-8-10-18(11-9-17)39(28,36)37)26-30-23-22(25(35)32(24)26)19(15-4-6-16(27)7-5-15)13-20(29-23)21-3-2-12-38-21/h2-13H,1H3,(H2,28,36,37). The van der Waals surface area contributed by atoms with Crippen molar-refractivity contribution in [2.45, 2.75) is 11.8 Å². The maximum absolute atomic E-state index is 14.1. The second kappa shape index (κ2) is 9.20. The molecular formula is C26H17ClN6O4S2. The van der Waals surface area contributed by atoms with Crippen LogP contribution in [0.25, 0.3) is 44.2 Å². The fourth-order valence-electron chi connectivity index (χ4n) is 4.27. The molecule has 0 unspecified atom stereocenters. The Bertz CT molecular complexity index is 2080. The molecule has 0 aliphatic rings. The first-order chi connectivity index (χ1) is 18.6. The molecule has 10 nitrogen and oxygen atoms in total. The maximum Gasteiger partial charge on any atom is 0.271 e. The van der Waals surface area contributed by atoms with Gasteiger partial charge in [0.2, 0.25) is 21.6 Å². The zero-order valence-corrected chi connectivity index (χ0v) is 22.5. The zero-order chi connectivity index (χ0) is 27.5. The van der Waals surface area contributed by atoms with Crippen LogP contribution in [0.3, 0.4) is 0 Å². The summed E-state index contributed by atoms with van der Waals surface area (Å²) in [5, 5.41) is 12.3. The van der Waals surface area contributed by atoms with Gasteiger partial charge >= 0.3 is 0 Å². The number of hydrogen-bond donors (Lipinski definition) is 1. The lowest BCUT2D eigenvalue weighted by Crippen LogP contribution is -2.20. The Morgan fingerprint density at radius 2 is 1.74 bits per heavy atom. The van der Waals surface area contributed by atoms with Crippen molar-refractivity contribution >= 4 is 55.6 Å². The van der Waals surface area contributed by atoms with Crippen LogP contribution in [-0.4, -0.2) is 38.4 Å². The SMILES string of the molecule is CC(=O)c1nn(-c2ccc(S(N)(=O)=O)cc2)c2nc3nc(-c4cccs4)cc(-c4ccc(Cl)cc4)c3c(=O)n12. The predicted molar refractivity (Wildman–Crippen MR) is 149 cm³/mol. The van der Waals surface area contributed by atoms with Crippen LogP contribution in [0.2, 0.25) is 5.02 Å². The van der Waals surface area contributed by atoms with Crippen molar-refractivity contribution in [1.82, 2.24) is 24.1 Å². The number of Topliss-reactive ketones (excluding diaryl/α,β-unsaturated/α-hetero) is 1. The van der Waals surface area contributed by atoms with E-state index in [2.05, 4.69) is 5.10 Å². The molecule has 4 heterocycles. The van der Waals surface area contributed by atoms with E-state index in [4.69, 9.17) is 26.7 Å². The third-order valence-electron chi connectivity index (χ3n) is 6.07. The topological polar surface area (TPSA) is 142 Å². The van der Waals surface area contributed by atoms with Crippen molar-refractivity contribution in [1.29, 1.82) is 0 Å². The number of nitrogens with two attached hydrogens (primary N) is 1. The molecule has 0 aliphatic carbocycles. The van der Waals surface area contributed by atoms with Crippen LogP contribution in [0, 0.1) is 0 Å². The average molecular weight is 577 g/mol. The fourth-order valence-corrected chi connectivity index (χ4v) is 5.60. The second-order valence-corrected chi connectivity index (χ2v) is 11.6. The number of thiophene rings is 1. The van der Waals surface area contributed by atoms with E-state index in [1.54, 1.807) is 24.3 Å². The third-order valence-corrected chi connectivity index (χ3v) is 8.15. The highest BCUT2D eigenvalue weighted by Crippen LogP contribution is 2.33. The van der Waals surface area contributed by atoms with E-state index < -0.39 is 21.4 Å². The van der Waals surface area contributed by atoms with Crippen LogP contribution in [0.1, 0.15) is 17.5 Å². The number of fused-ring (bicyclic) bond motifs is 2. The molecular weight excluding hydrogens is 560 g/mol. The number of hydrogen-bond acceptors (Lipinski definition) is 8. The number of rotatable bonds is 5. The molecule has 0 saturated carbocycles. The van der Waals surface area contributed by atoms with Crippen molar-refractivity contribution in [3.63, 3.8) is 0 Å². The quantitative estimate of drug-likeness (QED) is 0.301. The van der Waals surface area contributed by atoms with Crippen LogP contribution >= 0.6 is 22.9 Å². The van der Waals surface area contributed by atoms with Gasteiger partial charge in [0, 0.05) is 17.5 Å². The maximum atomic E-state index is 14.1. The second-order valence-electron chi connectivity index (χ2n) is 8.62. The molecule has 0 spiro atoms. The Hall–Kier alpha value is -4.23. The summed E-state index contributed by atoms with van der Waals surface area (Å²) in [5.41, 5.74) is 1.92. The Morgan fingerprint density at radius 3 is 2.36 bits per heavy atom. The Morgan fingerprint density at radius 1 is 1.03 bits per heavy atom. The summed E-state index contributed by atoms with van der Waals surface area (Å²) < 4.78 is 25.9. The molecule has 13 heteroatoms. The first-order valence-electron chi connectivity index (χ1n) is 11.4. The number of aromatic nitrogens is 5. The van der Waals surface area contributed by atoms with Crippen molar-refractivity contribution in [3.05, 3.63) is 93.3 Å². The normalized spacial score (nSPS) is 11.9. The number of ketones is 1. The Kier molecular flexibility index (Phi) is 5.92. The minimum absolute atomic E-state index is 0.0407. The minimum atomic E-state index is -3.92. The largest absolute Gasteiger partial charge is 0.291 e. The highest BCUT2D eigenvalue weighted by molar-refractivity contribution is 7.89. The number of carbonyl (C=O) groups is 1. The molecule has 0 radical (unpaired) electrons. The molecule has 39 heavy (non-hydrogen) atoms. The van der Waals surface area contributed by atoms with E-state index in [0.29, 0.717) is 22.0 Å². The summed E-state index contributed by atoms with van der Waals surface area (Å²) in [6, 6.07) is 18.2. The summed E-state index contributed by atoms with van der Waals surface area (Å²) in [6.45, 7) is 1.30. The highest BCUT2D eigenvalue weighted by Gasteiger charge is 2.23. The van der Waals surface area contributed by atoms with Gasteiger partial charge in [0.05, 0.1) is 26.5 Å². The fraction of sp³-hybridized carbons (Fsp3) is 0.0385. The molecule has 0 atom stereocenters. The summed E-state index contributed by atoms with van der Waals surface area (Å²) >= 11 is 7.61. The van der Waals surface area contributed by atoms with Crippen LogP contribution < -0.4 is 10.7 Å². The number of halogens is 1. The monoisotopic (exact) mass is 576 g/mol. The molecule has 6 rings (SSSR count). The number of sulfonamides is 1. The molecule has 0 amide bonds. The van der Waals surface area contributed by atoms with E-state index in [1.807, 2.05) is 23.6 Å². The Balaban J connectivity index is 1.71. The number of benzene rings is 2. The van der Waals surface area contributed by atoms with E-state index in [-0.39, 0.29) is 27.5 Å². The first-order valence-corrected chi connectivity index (χ1v) is 14.2. The number of carbonyl (C=O) groups excluding carboxylic acids is 1. The van der Waals surface area contributed by atoms with Crippen molar-refractivity contribution in [2.24, 2.45) is 5.14 Å². The van der Waals surface area contributed by atoms with E-state index in [0.717, 1.165) is 14.8 Å². The molecule has 194 valence electrons. The lowest BCUT2D eigenvalue weighted by molar-refractivity contribution is 0.100. The van der Waals surface area contributed by atoms with Crippen LogP contribution in [-0.2, 0) is 10.0 Å². The van der Waals surface area contributed by atoms with E-state index in [9.17, 15) is 18.0 Å². The van der Waals surface area contributed by atoms with Gasteiger partial charge in [0.25, 0.3) is 5.56 Å². The highest BCUT2D eigenvalue weighted by atomic mass is 35.5. The van der Waals surface area contributed by atoms with Gasteiger partial charge in [-0.25, -0.2) is 22.9 Å². The summed E-state index contributed by atoms with van der Waals surface area (Å²) in [7, 11) is -3.92. The van der Waals surface area contributed by atoms with Crippen molar-refractivity contribution < 1.29 is 13.2 Å². The minimum Gasteiger partial charge on any atom is -0.291 e. The Labute approximate surface area is 230 Å². The van der Waals surface area contributed by atoms with Gasteiger partial charge < -0.3 is 0 Å². The van der Waals surface area contributed by atoms with Crippen molar-refractivity contribution in [2.75, 3.05) is 0 Å². The van der Waals surface area contributed by atoms with Gasteiger partial charge in [0.15, 0.2) is 11.4 Å².